The first-order valence-corrected chi connectivity index (χ1v) is 10.1. The van der Waals surface area contributed by atoms with Crippen LogP contribution in [0.5, 0.6) is 0 Å². The summed E-state index contributed by atoms with van der Waals surface area (Å²) in [6.45, 7) is 1.88. The van der Waals surface area contributed by atoms with E-state index < -0.39 is 19.7 Å². The summed E-state index contributed by atoms with van der Waals surface area (Å²) in [7, 11) is -6.45. The third kappa shape index (κ3) is 4.62. The number of aromatic nitrogens is 1. The smallest absolute Gasteiger partial charge is 0.184 e. The van der Waals surface area contributed by atoms with Crippen LogP contribution < -0.4 is 11.1 Å². The Labute approximate surface area is 117 Å². The Morgan fingerprint density at radius 2 is 1.95 bits per heavy atom. The van der Waals surface area contributed by atoms with Gasteiger partial charge in [-0.2, -0.15) is 4.37 Å². The third-order valence-electron chi connectivity index (χ3n) is 2.34. The predicted octanol–water partition coefficient (Wildman–Crippen LogP) is 0.365. The average molecular weight is 327 g/mol. The lowest BCUT2D eigenvalue weighted by Gasteiger charge is -2.06. The summed E-state index contributed by atoms with van der Waals surface area (Å²) in [6, 6.07) is 0. The lowest BCUT2D eigenvalue weighted by Crippen LogP contribution is -2.12. The number of hydrogen-bond acceptors (Lipinski definition) is 8. The van der Waals surface area contributed by atoms with Crippen molar-refractivity contribution in [1.29, 1.82) is 0 Å². The molecule has 110 valence electrons. The van der Waals surface area contributed by atoms with Crippen molar-refractivity contribution in [2.45, 2.75) is 18.2 Å². The zero-order valence-corrected chi connectivity index (χ0v) is 13.2. The SMILES string of the molecule is CCS(=O)(=O)c1c(N)nsc1NCCCS(C)(=O)=O. The van der Waals surface area contributed by atoms with Crippen molar-refractivity contribution >= 4 is 42.0 Å². The molecular formula is C9H17N3O4S3. The van der Waals surface area contributed by atoms with Crippen LogP contribution in [-0.4, -0.2) is 45.5 Å². The number of nitrogen functional groups attached to an aromatic ring is 1. The summed E-state index contributed by atoms with van der Waals surface area (Å²) in [6.07, 6.45) is 1.55. The highest BCUT2D eigenvalue weighted by Gasteiger charge is 2.23. The summed E-state index contributed by atoms with van der Waals surface area (Å²) >= 11 is 0.962. The normalized spacial score (nSPS) is 12.5. The molecule has 1 aromatic rings. The van der Waals surface area contributed by atoms with E-state index in [0.717, 1.165) is 17.8 Å². The highest BCUT2D eigenvalue weighted by atomic mass is 32.2. The maximum atomic E-state index is 11.8. The minimum Gasteiger partial charge on any atom is -0.382 e. The van der Waals surface area contributed by atoms with E-state index in [-0.39, 0.29) is 22.2 Å². The molecule has 19 heavy (non-hydrogen) atoms. The van der Waals surface area contributed by atoms with E-state index in [4.69, 9.17) is 5.73 Å². The molecule has 0 aliphatic heterocycles. The minimum absolute atomic E-state index is 0.0133. The van der Waals surface area contributed by atoms with E-state index in [0.29, 0.717) is 18.0 Å². The number of anilines is 2. The molecule has 10 heteroatoms. The highest BCUT2D eigenvalue weighted by molar-refractivity contribution is 7.92. The molecule has 0 aromatic carbocycles. The summed E-state index contributed by atoms with van der Waals surface area (Å²) in [5.74, 6) is -0.0323. The van der Waals surface area contributed by atoms with Gasteiger partial charge in [0, 0.05) is 12.8 Å². The van der Waals surface area contributed by atoms with Crippen molar-refractivity contribution in [3.05, 3.63) is 0 Å². The van der Waals surface area contributed by atoms with Gasteiger partial charge >= 0.3 is 0 Å². The van der Waals surface area contributed by atoms with Gasteiger partial charge in [-0.3, -0.25) is 0 Å². The Morgan fingerprint density at radius 3 is 2.47 bits per heavy atom. The van der Waals surface area contributed by atoms with Gasteiger partial charge in [0.1, 0.15) is 19.7 Å². The minimum atomic E-state index is -3.44. The molecule has 7 nitrogen and oxygen atoms in total. The zero-order valence-electron chi connectivity index (χ0n) is 10.7. The van der Waals surface area contributed by atoms with Crippen LogP contribution in [-0.2, 0) is 19.7 Å². The molecule has 0 atom stereocenters. The van der Waals surface area contributed by atoms with Gasteiger partial charge in [-0.25, -0.2) is 16.8 Å². The quantitative estimate of drug-likeness (QED) is 0.694. The van der Waals surface area contributed by atoms with Crippen molar-refractivity contribution in [2.24, 2.45) is 0 Å². The Bertz CT molecular complexity index is 634. The average Bonchev–Trinajstić information content (AvgIpc) is 2.65. The lowest BCUT2D eigenvalue weighted by molar-refractivity contribution is 0.596. The summed E-state index contributed by atoms with van der Waals surface area (Å²) in [5.41, 5.74) is 5.56. The molecular weight excluding hydrogens is 310 g/mol. The number of nitrogens with zero attached hydrogens (tertiary/aromatic N) is 1. The second kappa shape index (κ2) is 6.06. The fraction of sp³-hybridized carbons (Fsp3) is 0.667. The topological polar surface area (TPSA) is 119 Å². The van der Waals surface area contributed by atoms with Gasteiger partial charge in [0.15, 0.2) is 15.7 Å². The largest absolute Gasteiger partial charge is 0.382 e. The number of sulfone groups is 2. The van der Waals surface area contributed by atoms with Crippen LogP contribution in [0.3, 0.4) is 0 Å². The Kier molecular flexibility index (Phi) is 5.16. The first-order chi connectivity index (χ1) is 8.67. The maximum absolute atomic E-state index is 11.8. The van der Waals surface area contributed by atoms with Crippen molar-refractivity contribution in [3.63, 3.8) is 0 Å². The molecule has 0 saturated carbocycles. The van der Waals surface area contributed by atoms with E-state index in [1.165, 1.54) is 6.92 Å². The molecule has 0 unspecified atom stereocenters. The maximum Gasteiger partial charge on any atom is 0.184 e. The molecule has 0 radical (unpaired) electrons. The highest BCUT2D eigenvalue weighted by Crippen LogP contribution is 2.32. The first kappa shape index (κ1) is 16.2. The number of hydrogen-bond donors (Lipinski definition) is 2. The molecule has 0 fully saturated rings. The number of nitrogens with one attached hydrogen (secondary N) is 1. The lowest BCUT2D eigenvalue weighted by atomic mass is 10.5. The van der Waals surface area contributed by atoms with Crippen LogP contribution in [0, 0.1) is 0 Å². The van der Waals surface area contributed by atoms with E-state index in [1.54, 1.807) is 0 Å². The standard InChI is InChI=1S/C9H17N3O4S3/c1-3-19(15,16)7-8(10)12-17-9(7)11-5-4-6-18(2,13)14/h11H,3-6H2,1-2H3,(H2,10,12). The molecule has 1 heterocycles. The molecule has 0 aliphatic carbocycles. The zero-order chi connectivity index (χ0) is 14.7. The molecule has 0 bridgehead atoms. The molecule has 3 N–H and O–H groups in total. The molecule has 1 aromatic heterocycles. The van der Waals surface area contributed by atoms with Crippen LogP contribution in [0.15, 0.2) is 4.90 Å². The van der Waals surface area contributed by atoms with E-state index >= 15 is 0 Å². The van der Waals surface area contributed by atoms with Crippen LogP contribution >= 0.6 is 11.5 Å². The van der Waals surface area contributed by atoms with Crippen molar-refractivity contribution in [2.75, 3.05) is 35.4 Å². The van der Waals surface area contributed by atoms with Crippen molar-refractivity contribution in [1.82, 2.24) is 4.37 Å². The Hall–Kier alpha value is -0.870. The van der Waals surface area contributed by atoms with Crippen LogP contribution in [0.1, 0.15) is 13.3 Å². The van der Waals surface area contributed by atoms with Gasteiger partial charge in [0.05, 0.1) is 11.5 Å². The van der Waals surface area contributed by atoms with Gasteiger partial charge in [0.2, 0.25) is 0 Å². The van der Waals surface area contributed by atoms with Crippen LogP contribution in [0.4, 0.5) is 10.8 Å². The Balaban J connectivity index is 2.76. The monoisotopic (exact) mass is 327 g/mol. The van der Waals surface area contributed by atoms with E-state index in [2.05, 4.69) is 9.69 Å². The predicted molar refractivity (Wildman–Crippen MR) is 77.1 cm³/mol. The molecule has 0 amide bonds. The summed E-state index contributed by atoms with van der Waals surface area (Å²) in [5, 5.41) is 3.25. The van der Waals surface area contributed by atoms with Crippen molar-refractivity contribution < 1.29 is 16.8 Å². The van der Waals surface area contributed by atoms with Gasteiger partial charge in [-0.15, -0.1) is 0 Å². The second-order valence-corrected chi connectivity index (χ2v) is 9.29. The summed E-state index contributed by atoms with van der Waals surface area (Å²) < 4.78 is 49.4. The second-order valence-electron chi connectivity index (χ2n) is 4.04. The fourth-order valence-corrected chi connectivity index (χ4v) is 4.25. The van der Waals surface area contributed by atoms with Gasteiger partial charge in [-0.1, -0.05) is 6.92 Å². The van der Waals surface area contributed by atoms with E-state index in [9.17, 15) is 16.8 Å². The molecule has 1 rings (SSSR count). The molecule has 0 saturated heterocycles. The first-order valence-electron chi connectivity index (χ1n) is 5.57. The Morgan fingerprint density at radius 1 is 1.32 bits per heavy atom. The molecule has 0 spiro atoms. The van der Waals surface area contributed by atoms with Crippen LogP contribution in [0.2, 0.25) is 0 Å². The van der Waals surface area contributed by atoms with Gasteiger partial charge < -0.3 is 11.1 Å². The van der Waals surface area contributed by atoms with E-state index in [1.807, 2.05) is 0 Å². The van der Waals surface area contributed by atoms with Gasteiger partial charge in [0.25, 0.3) is 0 Å². The van der Waals surface area contributed by atoms with Crippen LogP contribution in [0.25, 0.3) is 0 Å². The fourth-order valence-electron chi connectivity index (χ4n) is 1.39. The third-order valence-corrected chi connectivity index (χ3v) is 6.12. The molecule has 0 aliphatic rings. The number of nitrogens with two attached hydrogens (primary N) is 1. The summed E-state index contributed by atoms with van der Waals surface area (Å²) in [4.78, 5) is 0.0133. The number of rotatable bonds is 7. The van der Waals surface area contributed by atoms with Crippen molar-refractivity contribution in [3.8, 4) is 0 Å². The van der Waals surface area contributed by atoms with Gasteiger partial charge in [-0.05, 0) is 18.0 Å².